The highest BCUT2D eigenvalue weighted by molar-refractivity contribution is 5.95. The fourth-order valence-corrected chi connectivity index (χ4v) is 1.68. The summed E-state index contributed by atoms with van der Waals surface area (Å²) in [7, 11) is 0. The zero-order valence-electron chi connectivity index (χ0n) is 5.74. The minimum atomic E-state index is -0.369. The lowest BCUT2D eigenvalue weighted by molar-refractivity contribution is -0.135. The van der Waals surface area contributed by atoms with Crippen molar-refractivity contribution in [3.8, 4) is 0 Å². The number of allylic oxidation sites excluding steroid dienone is 2. The van der Waals surface area contributed by atoms with Crippen LogP contribution in [0.3, 0.4) is 0 Å². The predicted molar refractivity (Wildman–Crippen MR) is 35.8 cm³/mol. The second-order valence-corrected chi connectivity index (χ2v) is 2.97. The van der Waals surface area contributed by atoms with Crippen LogP contribution < -0.4 is 0 Å². The number of esters is 1. The second-order valence-electron chi connectivity index (χ2n) is 2.97. The van der Waals surface area contributed by atoms with Gasteiger partial charge in [-0.3, -0.25) is 0 Å². The molecule has 3 heteroatoms. The molecule has 2 saturated heterocycles. The number of ether oxygens (including phenoxy) is 2. The summed E-state index contributed by atoms with van der Waals surface area (Å²) in [6.45, 7) is 0.396. The lowest BCUT2D eigenvalue weighted by Crippen LogP contribution is -2.18. The Bertz CT molecular complexity index is 302. The van der Waals surface area contributed by atoms with Crippen molar-refractivity contribution in [2.75, 3.05) is 6.61 Å². The molecule has 0 aromatic heterocycles. The van der Waals surface area contributed by atoms with E-state index in [2.05, 4.69) is 0 Å². The molecule has 2 unspecified atom stereocenters. The molecule has 56 valence electrons. The third-order valence-corrected chi connectivity index (χ3v) is 2.38. The predicted octanol–water partition coefficient (Wildman–Crippen LogP) is 0.177. The fourth-order valence-electron chi connectivity index (χ4n) is 1.68. The molecule has 3 aliphatic rings. The van der Waals surface area contributed by atoms with E-state index in [-0.39, 0.29) is 17.7 Å². The summed E-state index contributed by atoms with van der Waals surface area (Å²) in [6, 6.07) is 0. The van der Waals surface area contributed by atoms with Crippen LogP contribution in [0.15, 0.2) is 23.8 Å². The Morgan fingerprint density at radius 2 is 2.55 bits per heavy atom. The van der Waals surface area contributed by atoms with E-state index in [0.29, 0.717) is 12.2 Å². The highest BCUT2D eigenvalue weighted by Gasteiger charge is 2.65. The van der Waals surface area contributed by atoms with Gasteiger partial charge in [-0.2, -0.15) is 0 Å². The lowest BCUT2D eigenvalue weighted by Gasteiger charge is -2.00. The maximum absolute atomic E-state index is 11.0. The minimum Gasteiger partial charge on any atom is -0.459 e. The zero-order valence-corrected chi connectivity index (χ0v) is 5.74. The van der Waals surface area contributed by atoms with E-state index in [9.17, 15) is 4.79 Å². The van der Waals surface area contributed by atoms with Gasteiger partial charge in [0.05, 0.1) is 5.57 Å². The molecule has 0 aromatic carbocycles. The van der Waals surface area contributed by atoms with Crippen molar-refractivity contribution in [3.63, 3.8) is 0 Å². The molecule has 2 atom stereocenters. The van der Waals surface area contributed by atoms with Gasteiger partial charge in [-0.1, -0.05) is 12.2 Å². The molecule has 0 bridgehead atoms. The van der Waals surface area contributed by atoms with Gasteiger partial charge in [-0.15, -0.1) is 0 Å². The quantitative estimate of drug-likeness (QED) is 0.365. The number of hydrogen-bond acceptors (Lipinski definition) is 3. The first-order valence-electron chi connectivity index (χ1n) is 3.57. The van der Waals surface area contributed by atoms with Crippen molar-refractivity contribution in [1.29, 1.82) is 0 Å². The molecule has 3 rings (SSSR count). The van der Waals surface area contributed by atoms with Gasteiger partial charge >= 0.3 is 5.97 Å². The van der Waals surface area contributed by atoms with Crippen LogP contribution in [-0.2, 0) is 14.3 Å². The van der Waals surface area contributed by atoms with Crippen LogP contribution in [-0.4, -0.2) is 24.3 Å². The molecule has 2 heterocycles. The van der Waals surface area contributed by atoms with Crippen LogP contribution in [0.1, 0.15) is 0 Å². The largest absolute Gasteiger partial charge is 0.459 e. The number of hydrogen-bond donors (Lipinski definition) is 0. The average Bonchev–Trinajstić information content (AvgIpc) is 2.66. The van der Waals surface area contributed by atoms with Gasteiger partial charge < -0.3 is 9.47 Å². The van der Waals surface area contributed by atoms with Crippen molar-refractivity contribution in [3.05, 3.63) is 23.8 Å². The first-order valence-corrected chi connectivity index (χ1v) is 3.57. The molecular formula is C8H6O3. The highest BCUT2D eigenvalue weighted by atomic mass is 16.7. The molecule has 0 aromatic rings. The Kier molecular flexibility index (Phi) is 0.709. The summed E-state index contributed by atoms with van der Waals surface area (Å²) in [4.78, 5) is 11.0. The van der Waals surface area contributed by atoms with Crippen LogP contribution >= 0.6 is 0 Å². The number of rotatable bonds is 0. The van der Waals surface area contributed by atoms with E-state index in [1.807, 2.05) is 12.2 Å². The number of carbonyl (C=O) groups excluding carboxylic acids is 1. The van der Waals surface area contributed by atoms with E-state index in [4.69, 9.17) is 9.47 Å². The molecular weight excluding hydrogens is 144 g/mol. The Morgan fingerprint density at radius 3 is 3.36 bits per heavy atom. The number of cyclic esters (lactones) is 1. The van der Waals surface area contributed by atoms with Crippen molar-refractivity contribution in [1.82, 2.24) is 0 Å². The molecule has 0 saturated carbocycles. The molecule has 3 nitrogen and oxygen atoms in total. The average molecular weight is 150 g/mol. The van der Waals surface area contributed by atoms with Gasteiger partial charge in [-0.25, -0.2) is 4.79 Å². The fraction of sp³-hybridized carbons (Fsp3) is 0.375. The molecule has 0 amide bonds. The van der Waals surface area contributed by atoms with Gasteiger partial charge in [0.1, 0.15) is 12.7 Å². The Hall–Kier alpha value is -1.09. The molecule has 0 N–H and O–H groups in total. The summed E-state index contributed by atoms with van der Waals surface area (Å²) < 4.78 is 10.2. The summed E-state index contributed by atoms with van der Waals surface area (Å²) in [5.41, 5.74) is 0.316. The van der Waals surface area contributed by atoms with Crippen molar-refractivity contribution >= 4 is 5.97 Å². The number of carbonyl (C=O) groups is 1. The van der Waals surface area contributed by atoms with Crippen molar-refractivity contribution < 1.29 is 14.3 Å². The van der Waals surface area contributed by atoms with Crippen LogP contribution in [0, 0.1) is 0 Å². The molecule has 1 aliphatic carbocycles. The smallest absolute Gasteiger partial charge is 0.337 e. The van der Waals surface area contributed by atoms with Crippen molar-refractivity contribution in [2.24, 2.45) is 0 Å². The third-order valence-electron chi connectivity index (χ3n) is 2.38. The van der Waals surface area contributed by atoms with Crippen molar-refractivity contribution in [2.45, 2.75) is 11.7 Å². The second kappa shape index (κ2) is 1.41. The molecule has 1 spiro atoms. The minimum absolute atomic E-state index is 0.0916. The Balaban J connectivity index is 2.16. The van der Waals surface area contributed by atoms with Crippen LogP contribution in [0.4, 0.5) is 0 Å². The SMILES string of the molecule is O=C1OCC23OC2C=CC=C13. The van der Waals surface area contributed by atoms with E-state index in [1.54, 1.807) is 6.08 Å². The topological polar surface area (TPSA) is 38.8 Å². The summed E-state index contributed by atoms with van der Waals surface area (Å²) >= 11 is 0. The van der Waals surface area contributed by atoms with E-state index < -0.39 is 0 Å². The van der Waals surface area contributed by atoms with Crippen LogP contribution in [0.2, 0.25) is 0 Å². The highest BCUT2D eigenvalue weighted by Crippen LogP contribution is 2.49. The zero-order chi connectivity index (χ0) is 7.47. The summed E-state index contributed by atoms with van der Waals surface area (Å²) in [5, 5.41) is 0. The Morgan fingerprint density at radius 1 is 1.64 bits per heavy atom. The van der Waals surface area contributed by atoms with Crippen LogP contribution in [0.5, 0.6) is 0 Å². The Labute approximate surface area is 63.3 Å². The van der Waals surface area contributed by atoms with Gasteiger partial charge in [-0.05, 0) is 6.08 Å². The van der Waals surface area contributed by atoms with E-state index in [1.165, 1.54) is 0 Å². The number of epoxide rings is 1. The maximum Gasteiger partial charge on any atom is 0.337 e. The van der Waals surface area contributed by atoms with Crippen LogP contribution in [0.25, 0.3) is 0 Å². The molecule has 11 heavy (non-hydrogen) atoms. The molecule has 0 radical (unpaired) electrons. The standard InChI is InChI=1S/C8H6O3/c9-7-5-2-1-3-6-8(5,11-6)4-10-7/h1-3,6H,4H2. The first kappa shape index (κ1) is 5.55. The van der Waals surface area contributed by atoms with Gasteiger partial charge in [0.15, 0.2) is 5.60 Å². The van der Waals surface area contributed by atoms with E-state index in [0.717, 1.165) is 0 Å². The summed E-state index contributed by atoms with van der Waals surface area (Å²) in [6.07, 6.45) is 5.66. The van der Waals surface area contributed by atoms with Gasteiger partial charge in [0, 0.05) is 0 Å². The van der Waals surface area contributed by atoms with Gasteiger partial charge in [0.2, 0.25) is 0 Å². The van der Waals surface area contributed by atoms with E-state index >= 15 is 0 Å². The monoisotopic (exact) mass is 150 g/mol. The maximum atomic E-state index is 11.0. The van der Waals surface area contributed by atoms with Gasteiger partial charge in [0.25, 0.3) is 0 Å². The molecule has 2 aliphatic heterocycles. The normalized spacial score (nSPS) is 44.2. The first-order chi connectivity index (χ1) is 5.33. The molecule has 2 fully saturated rings. The third kappa shape index (κ3) is 0.476. The summed E-state index contributed by atoms with van der Waals surface area (Å²) in [5.74, 6) is -0.225. The lowest BCUT2D eigenvalue weighted by atomic mass is 9.94.